The van der Waals surface area contributed by atoms with E-state index in [0.717, 1.165) is 11.6 Å². The van der Waals surface area contributed by atoms with Crippen LogP contribution in [0.3, 0.4) is 0 Å². The summed E-state index contributed by atoms with van der Waals surface area (Å²) in [6.45, 7) is 0. The average molecular weight is 163 g/mol. The molecule has 0 saturated heterocycles. The van der Waals surface area contributed by atoms with Gasteiger partial charge in [0.15, 0.2) is 0 Å². The summed E-state index contributed by atoms with van der Waals surface area (Å²) in [5.74, 6) is 0. The maximum absolute atomic E-state index is 11.7. The zero-order valence-electron chi connectivity index (χ0n) is 3.17. The van der Waals surface area contributed by atoms with E-state index in [1.165, 1.54) is 0 Å². The quantitative estimate of drug-likeness (QED) is 0.522. The lowest BCUT2D eigenvalue weighted by atomic mass is 10.7. The molecule has 0 heterocycles. The average Bonchev–Trinajstić information content (AvgIpc) is 1.30. The van der Waals surface area contributed by atoms with Gasteiger partial charge in [0.1, 0.15) is 0 Å². The highest BCUT2D eigenvalue weighted by molar-refractivity contribution is 6.48. The molecule has 0 N–H and O–H groups in total. The van der Waals surface area contributed by atoms with Gasteiger partial charge >= 0.3 is 0 Å². The smallest absolute Gasteiger partial charge is 0.203 e. The largest absolute Gasteiger partial charge is 0.277 e. The van der Waals surface area contributed by atoms with Crippen molar-refractivity contribution in [3.8, 4) is 0 Å². The van der Waals surface area contributed by atoms with Gasteiger partial charge in [0.05, 0.1) is 0 Å². The fourth-order valence-electron chi connectivity index (χ4n) is 0.0714. The van der Waals surface area contributed by atoms with Crippen LogP contribution in [0.5, 0.6) is 0 Å². The Morgan fingerprint density at radius 3 is 1.86 bits per heavy atom. The van der Waals surface area contributed by atoms with Crippen LogP contribution in [0.25, 0.3) is 0 Å². The number of halogens is 4. The minimum absolute atomic E-state index is 0.817. The molecule has 0 fully saturated rings. The Kier molecular flexibility index (Phi) is 2.96. The third-order valence-electron chi connectivity index (χ3n) is 0.252. The van der Waals surface area contributed by atoms with Crippen LogP contribution >= 0.6 is 34.8 Å². The topological polar surface area (TPSA) is 0 Å². The predicted molar refractivity (Wildman–Crippen MR) is 30.5 cm³/mol. The van der Waals surface area contributed by atoms with Crippen molar-refractivity contribution in [1.82, 2.24) is 0 Å². The molecule has 0 amide bonds. The molecule has 0 atom stereocenters. The number of allylic oxidation sites excluding steroid dienone is 1. The SMILES string of the molecule is FC(Cl)(Cl)C=CCl. The Bertz CT molecular complexity index is 72.7. The molecule has 0 aliphatic carbocycles. The Morgan fingerprint density at radius 1 is 1.43 bits per heavy atom. The van der Waals surface area contributed by atoms with E-state index in [-0.39, 0.29) is 0 Å². The summed E-state index contributed by atoms with van der Waals surface area (Å²) >= 11 is 14.4. The molecular weight excluding hydrogens is 161 g/mol. The second kappa shape index (κ2) is 2.75. The molecule has 0 aromatic heterocycles. The summed E-state index contributed by atoms with van der Waals surface area (Å²) in [5.41, 5.74) is 0.917. The van der Waals surface area contributed by atoms with Crippen molar-refractivity contribution in [3.05, 3.63) is 11.6 Å². The van der Waals surface area contributed by atoms with Gasteiger partial charge in [0.2, 0.25) is 0 Å². The Morgan fingerprint density at radius 2 is 1.86 bits per heavy atom. The van der Waals surface area contributed by atoms with E-state index in [9.17, 15) is 4.39 Å². The molecule has 7 heavy (non-hydrogen) atoms. The second-order valence-electron chi connectivity index (χ2n) is 0.834. The molecule has 4 heteroatoms. The monoisotopic (exact) mass is 162 g/mol. The first kappa shape index (κ1) is 7.54. The molecule has 0 aromatic carbocycles. The first-order chi connectivity index (χ1) is 3.06. The summed E-state index contributed by atoms with van der Waals surface area (Å²) < 4.78 is 9.43. The van der Waals surface area contributed by atoms with Crippen LogP contribution in [0, 0.1) is 0 Å². The molecule has 0 unspecified atom stereocenters. The third-order valence-corrected chi connectivity index (χ3v) is 0.630. The fraction of sp³-hybridized carbons (Fsp3) is 0.333. The van der Waals surface area contributed by atoms with E-state index >= 15 is 0 Å². The Hall–Kier alpha value is 0.540. The van der Waals surface area contributed by atoms with E-state index in [2.05, 4.69) is 0 Å². The first-order valence-corrected chi connectivity index (χ1v) is 2.60. The van der Waals surface area contributed by atoms with Gasteiger partial charge in [-0.2, -0.15) is 0 Å². The van der Waals surface area contributed by atoms with Crippen LogP contribution in [0.4, 0.5) is 4.39 Å². The van der Waals surface area contributed by atoms with Gasteiger partial charge in [0, 0.05) is 5.54 Å². The summed E-state index contributed by atoms with van der Waals surface area (Å²) in [4.78, 5) is 0. The molecular formula is C3H2Cl3F. The van der Waals surface area contributed by atoms with E-state index in [1.807, 2.05) is 0 Å². The van der Waals surface area contributed by atoms with Crippen LogP contribution in [0.2, 0.25) is 0 Å². The van der Waals surface area contributed by atoms with E-state index in [0.29, 0.717) is 0 Å². The van der Waals surface area contributed by atoms with Crippen LogP contribution in [-0.4, -0.2) is 4.59 Å². The number of alkyl halides is 3. The fourth-order valence-corrected chi connectivity index (χ4v) is 0.500. The van der Waals surface area contributed by atoms with Crippen LogP contribution in [0.15, 0.2) is 11.6 Å². The van der Waals surface area contributed by atoms with E-state index in [1.54, 1.807) is 0 Å². The maximum Gasteiger partial charge on any atom is 0.277 e. The van der Waals surface area contributed by atoms with Crippen molar-refractivity contribution in [1.29, 1.82) is 0 Å². The lowest BCUT2D eigenvalue weighted by Crippen LogP contribution is -1.94. The summed E-state index contributed by atoms with van der Waals surface area (Å²) in [7, 11) is 0. The van der Waals surface area contributed by atoms with Gasteiger partial charge in [-0.25, -0.2) is 4.39 Å². The third kappa shape index (κ3) is 6.54. The Balaban J connectivity index is 3.56. The number of rotatable bonds is 1. The second-order valence-corrected chi connectivity index (χ2v) is 2.38. The molecule has 0 aromatic rings. The van der Waals surface area contributed by atoms with Crippen molar-refractivity contribution in [2.45, 2.75) is 4.59 Å². The molecule has 0 bridgehead atoms. The maximum atomic E-state index is 11.7. The zero-order chi connectivity index (χ0) is 5.91. The van der Waals surface area contributed by atoms with Gasteiger partial charge in [-0.05, 0) is 6.08 Å². The number of hydrogen-bond donors (Lipinski definition) is 0. The summed E-state index contributed by atoms with van der Waals surface area (Å²) in [6.07, 6.45) is 0.817. The standard InChI is InChI=1S/C3H2Cl3F/c4-2-1-3(5,6)7/h1-2H. The van der Waals surface area contributed by atoms with Gasteiger partial charge in [0.25, 0.3) is 4.59 Å². The highest BCUT2D eigenvalue weighted by Crippen LogP contribution is 2.23. The molecule has 0 rings (SSSR count). The molecule has 0 nitrogen and oxygen atoms in total. The molecule has 0 radical (unpaired) electrons. The molecule has 0 saturated carbocycles. The molecule has 0 aliphatic heterocycles. The van der Waals surface area contributed by atoms with Gasteiger partial charge in [-0.1, -0.05) is 34.8 Å². The van der Waals surface area contributed by atoms with Crippen molar-refractivity contribution < 1.29 is 4.39 Å². The van der Waals surface area contributed by atoms with Crippen molar-refractivity contribution in [3.63, 3.8) is 0 Å². The lowest BCUT2D eigenvalue weighted by Gasteiger charge is -1.96. The van der Waals surface area contributed by atoms with Crippen LogP contribution in [0.1, 0.15) is 0 Å². The molecule has 0 aliphatic rings. The summed E-state index contributed by atoms with van der Waals surface area (Å²) in [5, 5.41) is 0. The molecule has 42 valence electrons. The van der Waals surface area contributed by atoms with Crippen molar-refractivity contribution in [2.24, 2.45) is 0 Å². The first-order valence-electron chi connectivity index (χ1n) is 1.41. The van der Waals surface area contributed by atoms with E-state index in [4.69, 9.17) is 34.8 Å². The predicted octanol–water partition coefficient (Wildman–Crippen LogP) is 2.84. The van der Waals surface area contributed by atoms with Crippen LogP contribution < -0.4 is 0 Å². The molecule has 0 spiro atoms. The lowest BCUT2D eigenvalue weighted by molar-refractivity contribution is 0.463. The van der Waals surface area contributed by atoms with Gasteiger partial charge < -0.3 is 0 Å². The normalized spacial score (nSPS) is 13.1. The van der Waals surface area contributed by atoms with Crippen LogP contribution in [-0.2, 0) is 0 Å². The van der Waals surface area contributed by atoms with Crippen molar-refractivity contribution in [2.75, 3.05) is 0 Å². The van der Waals surface area contributed by atoms with Crippen molar-refractivity contribution >= 4 is 34.8 Å². The summed E-state index contributed by atoms with van der Waals surface area (Å²) in [6, 6.07) is 0. The Labute approximate surface area is 55.9 Å². The highest BCUT2D eigenvalue weighted by atomic mass is 35.5. The minimum atomic E-state index is -2.32. The van der Waals surface area contributed by atoms with E-state index < -0.39 is 4.59 Å². The zero-order valence-corrected chi connectivity index (χ0v) is 5.43. The highest BCUT2D eigenvalue weighted by Gasteiger charge is 2.15. The minimum Gasteiger partial charge on any atom is -0.203 e. The van der Waals surface area contributed by atoms with Gasteiger partial charge in [-0.3, -0.25) is 0 Å². The number of hydrogen-bond acceptors (Lipinski definition) is 0. The van der Waals surface area contributed by atoms with Gasteiger partial charge in [-0.15, -0.1) is 0 Å².